The number of unbranched alkanes of at least 4 members (excludes halogenated alkanes) is 5. The van der Waals surface area contributed by atoms with Crippen LogP contribution in [0.4, 0.5) is 0 Å². The van der Waals surface area contributed by atoms with Gasteiger partial charge >= 0.3 is 0 Å². The number of rotatable bonds is 14. The number of fused-ring (bicyclic) bond motifs is 1. The number of aromatic nitrogens is 1. The number of halogens is 1. The summed E-state index contributed by atoms with van der Waals surface area (Å²) in [4.78, 5) is 38.3. The van der Waals surface area contributed by atoms with E-state index in [1.165, 1.54) is 0 Å². The fraction of sp³-hybridized carbons (Fsp3) is 0.364. The van der Waals surface area contributed by atoms with Crippen molar-refractivity contribution in [1.29, 1.82) is 0 Å². The normalized spacial score (nSPS) is 12.4. The van der Waals surface area contributed by atoms with Crippen molar-refractivity contribution in [1.82, 2.24) is 15.2 Å². The zero-order valence-electron chi connectivity index (χ0n) is 23.8. The summed E-state index contributed by atoms with van der Waals surface area (Å²) in [6.45, 7) is 3.19. The van der Waals surface area contributed by atoms with Gasteiger partial charge < -0.3 is 15.4 Å². The first-order valence-electron chi connectivity index (χ1n) is 14.3. The van der Waals surface area contributed by atoms with Crippen LogP contribution in [-0.2, 0) is 16.0 Å². The van der Waals surface area contributed by atoms with E-state index in [0.717, 1.165) is 72.7 Å². The summed E-state index contributed by atoms with van der Waals surface area (Å²) >= 11 is 6.01. The Kier molecular flexibility index (Phi) is 10.8. The molecule has 0 atom stereocenters. The third-order valence-electron chi connectivity index (χ3n) is 7.45. The van der Waals surface area contributed by atoms with Gasteiger partial charge in [-0.15, -0.1) is 0 Å². The summed E-state index contributed by atoms with van der Waals surface area (Å²) in [6, 6.07) is 12.4. The molecule has 41 heavy (non-hydrogen) atoms. The summed E-state index contributed by atoms with van der Waals surface area (Å²) in [5.74, 6) is 0.461. The maximum atomic E-state index is 13.5. The number of carbonyl (C=O) groups is 3. The first-order valence-corrected chi connectivity index (χ1v) is 14.7. The summed E-state index contributed by atoms with van der Waals surface area (Å²) in [5, 5.41) is 7.41. The predicted octanol–water partition coefficient (Wildman–Crippen LogP) is 6.30. The third-order valence-corrected chi connectivity index (χ3v) is 7.70. The molecule has 8 heteroatoms. The van der Waals surface area contributed by atoms with Gasteiger partial charge in [0, 0.05) is 40.3 Å². The highest BCUT2D eigenvalue weighted by atomic mass is 35.5. The van der Waals surface area contributed by atoms with Crippen molar-refractivity contribution in [2.24, 2.45) is 0 Å². The van der Waals surface area contributed by atoms with Crippen molar-refractivity contribution < 1.29 is 19.1 Å². The highest BCUT2D eigenvalue weighted by Gasteiger charge is 2.22. The number of amides is 2. The number of carbonyl (C=O) groups excluding carboxylic acids is 3. The molecule has 2 N–H and O–H groups in total. The van der Waals surface area contributed by atoms with Crippen LogP contribution in [0.1, 0.15) is 66.6 Å². The van der Waals surface area contributed by atoms with E-state index in [0.29, 0.717) is 29.4 Å². The van der Waals surface area contributed by atoms with E-state index in [-0.39, 0.29) is 24.1 Å². The smallest absolute Gasteiger partial charge is 0.262 e. The van der Waals surface area contributed by atoms with Crippen molar-refractivity contribution in [3.05, 3.63) is 88.1 Å². The second-order valence-corrected chi connectivity index (χ2v) is 10.8. The van der Waals surface area contributed by atoms with E-state index < -0.39 is 0 Å². The summed E-state index contributed by atoms with van der Waals surface area (Å²) in [7, 11) is 1.60. The maximum Gasteiger partial charge on any atom is 0.262 e. The van der Waals surface area contributed by atoms with Gasteiger partial charge in [0.2, 0.25) is 11.8 Å². The lowest BCUT2D eigenvalue weighted by molar-refractivity contribution is -0.120. The number of nitrogens with zero attached hydrogens (tertiary/aromatic N) is 1. The van der Waals surface area contributed by atoms with Gasteiger partial charge in [0.05, 0.1) is 19.0 Å². The number of hydrogen-bond donors (Lipinski definition) is 2. The molecule has 216 valence electrons. The largest absolute Gasteiger partial charge is 0.497 e. The molecule has 0 fully saturated rings. The van der Waals surface area contributed by atoms with Gasteiger partial charge in [0.15, 0.2) is 0 Å². The highest BCUT2D eigenvalue weighted by molar-refractivity contribution is 6.30. The molecule has 4 rings (SSSR count). The lowest BCUT2D eigenvalue weighted by Gasteiger charge is -2.09. The van der Waals surface area contributed by atoms with Gasteiger partial charge in [0.1, 0.15) is 5.75 Å². The topological polar surface area (TPSA) is 89.4 Å². The van der Waals surface area contributed by atoms with Crippen molar-refractivity contribution >= 4 is 40.2 Å². The zero-order valence-corrected chi connectivity index (χ0v) is 24.6. The van der Waals surface area contributed by atoms with Crippen LogP contribution in [0.2, 0.25) is 5.02 Å². The Balaban J connectivity index is 1.24. The van der Waals surface area contributed by atoms with E-state index in [1.54, 1.807) is 35.9 Å². The van der Waals surface area contributed by atoms with Crippen LogP contribution in [0.15, 0.2) is 66.3 Å². The number of hydrogen-bond acceptors (Lipinski definition) is 4. The Morgan fingerprint density at radius 3 is 2.27 bits per heavy atom. The van der Waals surface area contributed by atoms with Crippen LogP contribution in [-0.4, -0.2) is 42.5 Å². The van der Waals surface area contributed by atoms with Gasteiger partial charge in [-0.25, -0.2) is 0 Å². The van der Waals surface area contributed by atoms with Crippen LogP contribution >= 0.6 is 11.6 Å². The summed E-state index contributed by atoms with van der Waals surface area (Å²) in [5.41, 5.74) is 3.63. The molecule has 0 bridgehead atoms. The molecule has 0 saturated heterocycles. The SMILES string of the molecule is COc1ccc2c(c1)c(CC(=O)NCCCCCCCCNC(=O)C1=CC=CC1)c(C)n2C(=O)c1ccc(Cl)cc1. The van der Waals surface area contributed by atoms with Crippen molar-refractivity contribution in [3.8, 4) is 5.75 Å². The van der Waals surface area contributed by atoms with E-state index >= 15 is 0 Å². The first kappa shape index (κ1) is 30.1. The van der Waals surface area contributed by atoms with E-state index in [9.17, 15) is 14.4 Å². The number of nitrogens with one attached hydrogen (secondary N) is 2. The number of ether oxygens (including phenoxy) is 1. The Bertz CT molecular complexity index is 1450. The van der Waals surface area contributed by atoms with Crippen molar-refractivity contribution in [2.45, 2.75) is 58.3 Å². The number of allylic oxidation sites excluding steroid dienone is 3. The lowest BCUT2D eigenvalue weighted by Crippen LogP contribution is -2.26. The van der Waals surface area contributed by atoms with Crippen molar-refractivity contribution in [2.75, 3.05) is 20.2 Å². The van der Waals surface area contributed by atoms with Crippen LogP contribution in [0.25, 0.3) is 10.9 Å². The van der Waals surface area contributed by atoms with Gasteiger partial charge in [-0.05, 0) is 74.2 Å². The molecule has 1 aromatic heterocycles. The first-order chi connectivity index (χ1) is 19.9. The molecule has 2 aromatic carbocycles. The van der Waals surface area contributed by atoms with E-state index in [4.69, 9.17) is 16.3 Å². The molecule has 0 unspecified atom stereocenters. The Morgan fingerprint density at radius 2 is 1.61 bits per heavy atom. The molecule has 1 aliphatic rings. The lowest BCUT2D eigenvalue weighted by atomic mass is 10.1. The minimum atomic E-state index is -0.174. The predicted molar refractivity (Wildman–Crippen MR) is 164 cm³/mol. The van der Waals surface area contributed by atoms with Crippen LogP contribution in [0.5, 0.6) is 5.75 Å². The quantitative estimate of drug-likeness (QED) is 0.221. The van der Waals surface area contributed by atoms with Gasteiger partial charge in [-0.1, -0.05) is 55.5 Å². The Labute approximate surface area is 246 Å². The molecule has 3 aromatic rings. The average molecular weight is 576 g/mol. The average Bonchev–Trinajstić information content (AvgIpc) is 3.61. The van der Waals surface area contributed by atoms with Crippen molar-refractivity contribution in [3.63, 3.8) is 0 Å². The molecule has 0 spiro atoms. The maximum absolute atomic E-state index is 13.5. The molecule has 0 aliphatic heterocycles. The summed E-state index contributed by atoms with van der Waals surface area (Å²) in [6.07, 6.45) is 12.9. The van der Waals surface area contributed by atoms with E-state index in [2.05, 4.69) is 10.6 Å². The molecular formula is C33H38ClN3O4. The molecule has 0 radical (unpaired) electrons. The minimum Gasteiger partial charge on any atom is -0.497 e. The minimum absolute atomic E-state index is 0.0396. The highest BCUT2D eigenvalue weighted by Crippen LogP contribution is 2.31. The third kappa shape index (κ3) is 7.88. The standard InChI is InChI=1S/C33H38ClN3O4/c1-23-28(22-31(38)35-19-9-5-3-4-6-10-20-36-32(39)24-11-7-8-12-24)29-21-27(41-2)17-18-30(29)37(23)33(40)25-13-15-26(34)16-14-25/h7-8,11,13-18,21H,3-6,9-10,12,19-20,22H2,1-2H3,(H,35,38)(H,36,39). The molecule has 2 amide bonds. The number of methoxy groups -OCH3 is 1. The monoisotopic (exact) mass is 575 g/mol. The van der Waals surface area contributed by atoms with E-state index in [1.807, 2.05) is 43.4 Å². The molecule has 7 nitrogen and oxygen atoms in total. The summed E-state index contributed by atoms with van der Waals surface area (Å²) < 4.78 is 7.08. The van der Waals surface area contributed by atoms with Gasteiger partial charge in [-0.2, -0.15) is 0 Å². The van der Waals surface area contributed by atoms with Crippen LogP contribution in [0.3, 0.4) is 0 Å². The number of benzene rings is 2. The second-order valence-electron chi connectivity index (χ2n) is 10.3. The second kappa shape index (κ2) is 14.7. The van der Waals surface area contributed by atoms with Crippen LogP contribution in [0, 0.1) is 6.92 Å². The molecular weight excluding hydrogens is 538 g/mol. The Morgan fingerprint density at radius 1 is 0.927 bits per heavy atom. The fourth-order valence-corrected chi connectivity index (χ4v) is 5.26. The zero-order chi connectivity index (χ0) is 29.2. The van der Waals surface area contributed by atoms with Gasteiger partial charge in [0.25, 0.3) is 5.91 Å². The van der Waals surface area contributed by atoms with Gasteiger partial charge in [-0.3, -0.25) is 19.0 Å². The Hall–Kier alpha value is -3.84. The molecule has 0 saturated carbocycles. The van der Waals surface area contributed by atoms with Crippen LogP contribution < -0.4 is 15.4 Å². The molecule has 1 aliphatic carbocycles. The molecule has 1 heterocycles. The fourth-order valence-electron chi connectivity index (χ4n) is 5.13.